The largest absolute Gasteiger partial charge is 0.679 e. The quantitative estimate of drug-likeness (QED) is 0.205. The summed E-state index contributed by atoms with van der Waals surface area (Å²) in [5.41, 5.74) is 13.7. The molecule has 1 aliphatic heterocycles. The van der Waals surface area contributed by atoms with E-state index in [4.69, 9.17) is 15.3 Å². The molecule has 1 atom stereocenters. The number of benzene rings is 3. The van der Waals surface area contributed by atoms with Gasteiger partial charge in [0.2, 0.25) is 0 Å². The van der Waals surface area contributed by atoms with Crippen molar-refractivity contribution in [2.75, 3.05) is 0 Å². The van der Waals surface area contributed by atoms with E-state index < -0.39 is 0 Å². The van der Waals surface area contributed by atoms with Crippen LogP contribution in [0.4, 0.5) is 0 Å². The fraction of sp³-hybridized carbons (Fsp3) is 0.0244. The third-order valence-corrected chi connectivity index (χ3v) is 8.82. The second kappa shape index (κ2) is 10.8. The lowest BCUT2D eigenvalue weighted by Gasteiger charge is -2.38. The highest BCUT2D eigenvalue weighted by Crippen LogP contribution is 2.43. The van der Waals surface area contributed by atoms with Gasteiger partial charge in [-0.25, -0.2) is 9.97 Å². The molecule has 5 heterocycles. The lowest BCUT2D eigenvalue weighted by molar-refractivity contribution is 0.908. The molecule has 4 aromatic heterocycles. The number of hydrogen-bond acceptors (Lipinski definition) is 4. The predicted octanol–water partition coefficient (Wildman–Crippen LogP) is 10.00. The zero-order valence-electron chi connectivity index (χ0n) is 24.7. The minimum absolute atomic E-state index is 0.0705. The third kappa shape index (κ3) is 4.57. The first kappa shape index (κ1) is 26.2. The lowest BCUT2D eigenvalue weighted by Crippen LogP contribution is -2.11. The number of nitrogens with zero attached hydrogens (tertiary/aromatic N) is 5. The topological polar surface area (TPSA) is 65.7 Å². The van der Waals surface area contributed by atoms with E-state index in [0.29, 0.717) is 0 Å². The van der Waals surface area contributed by atoms with E-state index in [9.17, 15) is 0 Å². The van der Waals surface area contributed by atoms with Crippen LogP contribution < -0.4 is 0 Å². The first-order chi connectivity index (χ1) is 22.8. The highest BCUT2D eigenvalue weighted by molar-refractivity contribution is 5.91. The molecule has 0 saturated carbocycles. The van der Waals surface area contributed by atoms with Gasteiger partial charge in [0, 0.05) is 46.2 Å². The maximum absolute atomic E-state index is 5.10. The Hall–Kier alpha value is -6.20. The molecular formula is C41H26N5-. The average Bonchev–Trinajstić information content (AvgIpc) is 3.14. The van der Waals surface area contributed by atoms with Crippen LogP contribution in [0.1, 0.15) is 22.9 Å². The Bertz CT molecular complexity index is 2390. The predicted molar refractivity (Wildman–Crippen MR) is 187 cm³/mol. The van der Waals surface area contributed by atoms with Crippen molar-refractivity contribution in [2.45, 2.75) is 6.04 Å². The summed E-state index contributed by atoms with van der Waals surface area (Å²) in [4.78, 5) is 18.9. The summed E-state index contributed by atoms with van der Waals surface area (Å²) in [6.45, 7) is 0. The fourth-order valence-corrected chi connectivity index (χ4v) is 6.42. The normalized spacial score (nSPS) is 15.1. The molecule has 46 heavy (non-hydrogen) atoms. The monoisotopic (exact) mass is 588 g/mol. The van der Waals surface area contributed by atoms with Crippen LogP contribution in [-0.4, -0.2) is 19.9 Å². The lowest BCUT2D eigenvalue weighted by atomic mass is 9.85. The van der Waals surface area contributed by atoms with Crippen LogP contribution in [0.15, 0.2) is 152 Å². The van der Waals surface area contributed by atoms with Gasteiger partial charge in [-0.3, -0.25) is 9.97 Å². The van der Waals surface area contributed by atoms with Gasteiger partial charge in [-0.05, 0) is 81.9 Å². The Morgan fingerprint density at radius 3 is 1.91 bits per heavy atom. The van der Waals surface area contributed by atoms with E-state index in [-0.39, 0.29) is 6.04 Å². The van der Waals surface area contributed by atoms with Crippen molar-refractivity contribution in [3.05, 3.63) is 174 Å². The van der Waals surface area contributed by atoms with Crippen molar-refractivity contribution >= 4 is 33.5 Å². The van der Waals surface area contributed by atoms with Crippen LogP contribution in [0.5, 0.6) is 0 Å². The number of pyridine rings is 4. The highest BCUT2D eigenvalue weighted by atomic mass is 14.9. The molecule has 0 saturated heterocycles. The molecule has 9 rings (SSSR count). The van der Waals surface area contributed by atoms with Crippen LogP contribution >= 0.6 is 0 Å². The van der Waals surface area contributed by atoms with E-state index in [0.717, 1.165) is 72.3 Å². The van der Waals surface area contributed by atoms with Gasteiger partial charge < -0.3 is 5.32 Å². The summed E-state index contributed by atoms with van der Waals surface area (Å²) in [5.74, 6) is 0. The molecule has 5 nitrogen and oxygen atoms in total. The number of allylic oxidation sites excluding steroid dienone is 2. The van der Waals surface area contributed by atoms with Crippen LogP contribution in [0.3, 0.4) is 0 Å². The second-order valence-corrected chi connectivity index (χ2v) is 11.6. The van der Waals surface area contributed by atoms with Crippen molar-refractivity contribution in [2.24, 2.45) is 0 Å². The molecule has 1 unspecified atom stereocenters. The van der Waals surface area contributed by atoms with Crippen molar-refractivity contribution in [3.63, 3.8) is 0 Å². The minimum Gasteiger partial charge on any atom is -0.679 e. The maximum Gasteiger partial charge on any atom is 0.0725 e. The van der Waals surface area contributed by atoms with Crippen molar-refractivity contribution in [3.8, 4) is 33.6 Å². The molecule has 0 bridgehead atoms. The minimum atomic E-state index is -0.0705. The zero-order chi connectivity index (χ0) is 30.5. The van der Waals surface area contributed by atoms with Crippen LogP contribution in [0.25, 0.3) is 72.4 Å². The smallest absolute Gasteiger partial charge is 0.0725 e. The number of aromatic nitrogens is 4. The Kier molecular flexibility index (Phi) is 6.13. The average molecular weight is 589 g/mol. The molecule has 0 fully saturated rings. The zero-order valence-corrected chi connectivity index (χ0v) is 24.7. The molecule has 1 aliphatic carbocycles. The third-order valence-electron chi connectivity index (χ3n) is 8.82. The van der Waals surface area contributed by atoms with Gasteiger partial charge in [0.1, 0.15) is 0 Å². The van der Waals surface area contributed by atoms with Gasteiger partial charge in [0.15, 0.2) is 0 Å². The van der Waals surface area contributed by atoms with Gasteiger partial charge in [-0.1, -0.05) is 85.0 Å². The Balaban J connectivity index is 1.03. The Morgan fingerprint density at radius 1 is 0.543 bits per heavy atom. The molecule has 0 N–H and O–H groups in total. The highest BCUT2D eigenvalue weighted by Gasteiger charge is 2.20. The standard InChI is InChI=1S/C41H26N5/c1-4-33(25-42-20-1)37-18-15-29-10-12-32(24-39(29)46-37)31-11-9-28-14-17-36(45-38(28)23-31)27-7-5-26(6-8-27)34-19-22-44-41-35(34)16-13-30-3-2-21-43-40(30)41/h1-25,41H/q-1. The summed E-state index contributed by atoms with van der Waals surface area (Å²) in [7, 11) is 0. The molecule has 7 aromatic rings. The summed E-state index contributed by atoms with van der Waals surface area (Å²) < 4.78 is 0. The van der Waals surface area contributed by atoms with Crippen molar-refractivity contribution in [1.82, 2.24) is 19.9 Å². The van der Waals surface area contributed by atoms with E-state index in [1.54, 1.807) is 6.20 Å². The molecule has 0 amide bonds. The van der Waals surface area contributed by atoms with E-state index >= 15 is 0 Å². The summed E-state index contributed by atoms with van der Waals surface area (Å²) >= 11 is 0. The molecule has 2 aliphatic rings. The second-order valence-electron chi connectivity index (χ2n) is 11.6. The summed E-state index contributed by atoms with van der Waals surface area (Å²) in [5, 5.41) is 6.96. The maximum atomic E-state index is 5.10. The Morgan fingerprint density at radius 2 is 1.20 bits per heavy atom. The molecule has 0 spiro atoms. The molecule has 5 heteroatoms. The van der Waals surface area contributed by atoms with Crippen molar-refractivity contribution < 1.29 is 0 Å². The molecular weight excluding hydrogens is 562 g/mol. The van der Waals surface area contributed by atoms with Crippen LogP contribution in [-0.2, 0) is 0 Å². The number of rotatable bonds is 4. The molecule has 3 aromatic carbocycles. The first-order valence-corrected chi connectivity index (χ1v) is 15.3. The number of fused-ring (bicyclic) bond motifs is 5. The van der Waals surface area contributed by atoms with E-state index in [1.807, 2.05) is 42.9 Å². The van der Waals surface area contributed by atoms with E-state index in [1.165, 1.54) is 11.1 Å². The van der Waals surface area contributed by atoms with Gasteiger partial charge in [0.25, 0.3) is 0 Å². The van der Waals surface area contributed by atoms with Crippen LogP contribution in [0.2, 0.25) is 0 Å². The van der Waals surface area contributed by atoms with Gasteiger partial charge in [-0.2, -0.15) is 6.20 Å². The van der Waals surface area contributed by atoms with Gasteiger partial charge >= 0.3 is 0 Å². The molecule has 0 radical (unpaired) electrons. The first-order valence-electron chi connectivity index (χ1n) is 15.3. The molecule has 216 valence electrons. The SMILES string of the molecule is C1=CC(c2ccc(-c3ccc4ccc(-c5ccc6ccc(-c7cccnc7)nc6c5)cc4n3)cc2)=C2C=Cc3cccnc3C2[N-]1. The van der Waals surface area contributed by atoms with Crippen LogP contribution in [0, 0.1) is 0 Å². The summed E-state index contributed by atoms with van der Waals surface area (Å²) in [6.07, 6.45) is 13.8. The van der Waals surface area contributed by atoms with Gasteiger partial charge in [-0.15, -0.1) is 0 Å². The Labute approximate surface area is 266 Å². The fourth-order valence-electron chi connectivity index (χ4n) is 6.42. The summed E-state index contributed by atoms with van der Waals surface area (Å²) in [6, 6.07) is 38.0. The number of hydrogen-bond donors (Lipinski definition) is 0. The van der Waals surface area contributed by atoms with Crippen molar-refractivity contribution in [1.29, 1.82) is 0 Å². The van der Waals surface area contributed by atoms with Gasteiger partial charge in [0.05, 0.1) is 22.4 Å². The van der Waals surface area contributed by atoms with E-state index in [2.05, 4.69) is 113 Å².